The highest BCUT2D eigenvalue weighted by molar-refractivity contribution is 5.89. The van der Waals surface area contributed by atoms with E-state index in [0.29, 0.717) is 25.0 Å². The summed E-state index contributed by atoms with van der Waals surface area (Å²) in [6.07, 6.45) is 2.48. The van der Waals surface area contributed by atoms with Crippen LogP contribution in [0.25, 0.3) is 0 Å². The van der Waals surface area contributed by atoms with E-state index in [0.717, 1.165) is 0 Å². The first kappa shape index (κ1) is 14.5. The number of rotatable bonds is 3. The first-order valence-electron chi connectivity index (χ1n) is 6.17. The van der Waals surface area contributed by atoms with E-state index in [2.05, 4.69) is 5.32 Å². The molecule has 5 nitrogen and oxygen atoms in total. The molecule has 1 amide bonds. The second kappa shape index (κ2) is 5.89. The monoisotopic (exact) mass is 255 g/mol. The van der Waals surface area contributed by atoms with Crippen molar-refractivity contribution in [2.75, 3.05) is 6.61 Å². The standard InChI is InChI=1S/C13H21NO4/c1-5-17-11(15)9-6-7-10(8-9)14-12(16)18-13(2,3)4/h6,10H,5,7-8H2,1-4H3,(H,14,16). The fourth-order valence-electron chi connectivity index (χ4n) is 1.69. The minimum absolute atomic E-state index is 0.0840. The second-order valence-electron chi connectivity index (χ2n) is 5.23. The number of hydrogen-bond acceptors (Lipinski definition) is 4. The van der Waals surface area contributed by atoms with Gasteiger partial charge in [-0.1, -0.05) is 6.08 Å². The molecule has 1 aliphatic rings. The average Bonchev–Trinajstić information content (AvgIpc) is 2.63. The van der Waals surface area contributed by atoms with Gasteiger partial charge >= 0.3 is 12.1 Å². The number of nitrogens with one attached hydrogen (secondary N) is 1. The van der Waals surface area contributed by atoms with Gasteiger partial charge in [0, 0.05) is 11.6 Å². The zero-order valence-corrected chi connectivity index (χ0v) is 11.4. The zero-order chi connectivity index (χ0) is 13.8. The molecule has 1 aliphatic carbocycles. The van der Waals surface area contributed by atoms with Crippen molar-refractivity contribution in [1.29, 1.82) is 0 Å². The van der Waals surface area contributed by atoms with Gasteiger partial charge in [-0.3, -0.25) is 0 Å². The van der Waals surface area contributed by atoms with Crippen LogP contribution in [-0.2, 0) is 14.3 Å². The van der Waals surface area contributed by atoms with Crippen molar-refractivity contribution in [3.8, 4) is 0 Å². The van der Waals surface area contributed by atoms with Gasteiger partial charge in [-0.15, -0.1) is 0 Å². The zero-order valence-electron chi connectivity index (χ0n) is 11.4. The molecule has 1 rings (SSSR count). The summed E-state index contributed by atoms with van der Waals surface area (Å²) in [4.78, 5) is 23.0. The molecule has 0 aromatic rings. The summed E-state index contributed by atoms with van der Waals surface area (Å²) in [5, 5.41) is 2.74. The lowest BCUT2D eigenvalue weighted by molar-refractivity contribution is -0.138. The molecule has 0 saturated heterocycles. The molecule has 0 fully saturated rings. The number of hydrogen-bond donors (Lipinski definition) is 1. The Hall–Kier alpha value is -1.52. The van der Waals surface area contributed by atoms with Gasteiger partial charge < -0.3 is 14.8 Å². The summed E-state index contributed by atoms with van der Waals surface area (Å²) < 4.78 is 10.1. The number of esters is 1. The van der Waals surface area contributed by atoms with Crippen LogP contribution >= 0.6 is 0 Å². The number of carbonyl (C=O) groups excluding carboxylic acids is 2. The van der Waals surface area contributed by atoms with Crippen LogP contribution in [0.5, 0.6) is 0 Å². The smallest absolute Gasteiger partial charge is 0.407 e. The Labute approximate surface area is 108 Å². The molecule has 1 N–H and O–H groups in total. The molecular formula is C13H21NO4. The Bertz CT molecular complexity index is 354. The van der Waals surface area contributed by atoms with Crippen LogP contribution in [0.1, 0.15) is 40.5 Å². The van der Waals surface area contributed by atoms with Crippen LogP contribution in [-0.4, -0.2) is 30.3 Å². The predicted molar refractivity (Wildman–Crippen MR) is 67.1 cm³/mol. The van der Waals surface area contributed by atoms with E-state index in [1.54, 1.807) is 13.0 Å². The van der Waals surface area contributed by atoms with E-state index in [-0.39, 0.29) is 12.0 Å². The maximum atomic E-state index is 11.5. The van der Waals surface area contributed by atoms with Crippen molar-refractivity contribution in [2.45, 2.75) is 52.2 Å². The Balaban J connectivity index is 2.37. The maximum absolute atomic E-state index is 11.5. The van der Waals surface area contributed by atoms with E-state index in [1.807, 2.05) is 20.8 Å². The topological polar surface area (TPSA) is 64.6 Å². The highest BCUT2D eigenvalue weighted by Crippen LogP contribution is 2.20. The van der Waals surface area contributed by atoms with Crippen molar-refractivity contribution >= 4 is 12.1 Å². The molecule has 1 atom stereocenters. The van der Waals surface area contributed by atoms with Gasteiger partial charge in [-0.2, -0.15) is 0 Å². The minimum Gasteiger partial charge on any atom is -0.463 e. The van der Waals surface area contributed by atoms with Gasteiger partial charge in [0.15, 0.2) is 0 Å². The molecule has 0 aromatic carbocycles. The highest BCUT2D eigenvalue weighted by Gasteiger charge is 2.25. The fraction of sp³-hybridized carbons (Fsp3) is 0.692. The molecule has 18 heavy (non-hydrogen) atoms. The molecule has 102 valence electrons. The molecule has 0 radical (unpaired) electrons. The quantitative estimate of drug-likeness (QED) is 0.785. The van der Waals surface area contributed by atoms with Crippen molar-refractivity contribution in [2.24, 2.45) is 0 Å². The van der Waals surface area contributed by atoms with Crippen molar-refractivity contribution in [1.82, 2.24) is 5.32 Å². The van der Waals surface area contributed by atoms with E-state index < -0.39 is 11.7 Å². The van der Waals surface area contributed by atoms with Crippen molar-refractivity contribution in [3.05, 3.63) is 11.6 Å². The molecule has 0 aliphatic heterocycles. The molecular weight excluding hydrogens is 234 g/mol. The van der Waals surface area contributed by atoms with Gasteiger partial charge in [0.05, 0.1) is 6.61 Å². The summed E-state index contributed by atoms with van der Waals surface area (Å²) in [7, 11) is 0. The molecule has 0 heterocycles. The first-order valence-corrected chi connectivity index (χ1v) is 6.17. The van der Waals surface area contributed by atoms with Crippen LogP contribution in [0, 0.1) is 0 Å². The molecule has 0 spiro atoms. The molecule has 0 saturated carbocycles. The number of amides is 1. The van der Waals surface area contributed by atoms with Gasteiger partial charge in [0.1, 0.15) is 5.60 Å². The molecule has 5 heteroatoms. The lowest BCUT2D eigenvalue weighted by Gasteiger charge is -2.21. The van der Waals surface area contributed by atoms with E-state index >= 15 is 0 Å². The Morgan fingerprint density at radius 2 is 2.11 bits per heavy atom. The van der Waals surface area contributed by atoms with Crippen molar-refractivity contribution < 1.29 is 19.1 Å². The maximum Gasteiger partial charge on any atom is 0.407 e. The highest BCUT2D eigenvalue weighted by atomic mass is 16.6. The third-order valence-corrected chi connectivity index (χ3v) is 2.37. The largest absolute Gasteiger partial charge is 0.463 e. The van der Waals surface area contributed by atoms with Gasteiger partial charge in [0.25, 0.3) is 0 Å². The normalized spacial score (nSPS) is 19.1. The van der Waals surface area contributed by atoms with Crippen LogP contribution in [0.3, 0.4) is 0 Å². The summed E-state index contributed by atoms with van der Waals surface area (Å²) >= 11 is 0. The van der Waals surface area contributed by atoms with Crippen LogP contribution in [0.4, 0.5) is 4.79 Å². The van der Waals surface area contributed by atoms with E-state index in [1.165, 1.54) is 0 Å². The second-order valence-corrected chi connectivity index (χ2v) is 5.23. The number of alkyl carbamates (subject to hydrolysis) is 1. The minimum atomic E-state index is -0.514. The third kappa shape index (κ3) is 4.77. The summed E-state index contributed by atoms with van der Waals surface area (Å²) in [6.45, 7) is 7.56. The molecule has 1 unspecified atom stereocenters. The van der Waals surface area contributed by atoms with Crippen molar-refractivity contribution in [3.63, 3.8) is 0 Å². The summed E-state index contributed by atoms with van der Waals surface area (Å²) in [5.74, 6) is -0.300. The third-order valence-electron chi connectivity index (χ3n) is 2.37. The summed E-state index contributed by atoms with van der Waals surface area (Å²) in [6, 6.07) is -0.0840. The molecule has 0 aromatic heterocycles. The van der Waals surface area contributed by atoms with Crippen LogP contribution in [0.15, 0.2) is 11.6 Å². The number of carbonyl (C=O) groups is 2. The number of ether oxygens (including phenoxy) is 2. The average molecular weight is 255 g/mol. The lowest BCUT2D eigenvalue weighted by atomic mass is 10.2. The Kier molecular flexibility index (Phi) is 4.76. The van der Waals surface area contributed by atoms with Crippen LogP contribution in [0.2, 0.25) is 0 Å². The SMILES string of the molecule is CCOC(=O)C1=CCC(NC(=O)OC(C)(C)C)C1. The Morgan fingerprint density at radius 1 is 1.44 bits per heavy atom. The first-order chi connectivity index (χ1) is 8.31. The fourth-order valence-corrected chi connectivity index (χ4v) is 1.69. The van der Waals surface area contributed by atoms with E-state index in [4.69, 9.17) is 9.47 Å². The van der Waals surface area contributed by atoms with E-state index in [9.17, 15) is 9.59 Å². The Morgan fingerprint density at radius 3 is 2.67 bits per heavy atom. The summed E-state index contributed by atoms with van der Waals surface area (Å²) in [5.41, 5.74) is 0.109. The van der Waals surface area contributed by atoms with Gasteiger partial charge in [0.2, 0.25) is 0 Å². The van der Waals surface area contributed by atoms with Gasteiger partial charge in [-0.25, -0.2) is 9.59 Å². The lowest BCUT2D eigenvalue weighted by Crippen LogP contribution is -2.38. The van der Waals surface area contributed by atoms with Crippen LogP contribution < -0.4 is 5.32 Å². The van der Waals surface area contributed by atoms with Gasteiger partial charge in [-0.05, 0) is 40.5 Å². The predicted octanol–water partition coefficient (Wildman–Crippen LogP) is 2.16. The molecule has 0 bridgehead atoms.